The molecule has 1 aliphatic carbocycles. The number of rotatable bonds is 8. The van der Waals surface area contributed by atoms with E-state index in [1.807, 2.05) is 79.3 Å². The predicted octanol–water partition coefficient (Wildman–Crippen LogP) is 8.19. The molecule has 1 aliphatic rings. The Labute approximate surface area is 244 Å². The van der Waals surface area contributed by atoms with Gasteiger partial charge in [0.15, 0.2) is 5.78 Å². The second-order valence-electron chi connectivity index (χ2n) is 10.8. The van der Waals surface area contributed by atoms with Crippen molar-refractivity contribution in [1.82, 2.24) is 14.5 Å². The summed E-state index contributed by atoms with van der Waals surface area (Å²) in [4.78, 5) is 22.2. The molecule has 1 atom stereocenters. The Bertz CT molecular complexity index is 1580. The van der Waals surface area contributed by atoms with Gasteiger partial charge in [-0.25, -0.2) is 13.8 Å². The maximum atomic E-state index is 13.9. The molecule has 210 valence electrons. The molecule has 3 aromatic carbocycles. The fourth-order valence-electron chi connectivity index (χ4n) is 6.11. The van der Waals surface area contributed by atoms with Crippen molar-refractivity contribution in [2.45, 2.75) is 37.1 Å². The van der Waals surface area contributed by atoms with Gasteiger partial charge in [0.25, 0.3) is 0 Å². The minimum Gasteiger partial charge on any atom is -0.318 e. The fourth-order valence-corrected chi connectivity index (χ4v) is 6.11. The predicted molar refractivity (Wildman–Crippen MR) is 161 cm³/mol. The smallest absolute Gasteiger partial charge is 0.248 e. The largest absolute Gasteiger partial charge is 0.318 e. The van der Waals surface area contributed by atoms with Crippen molar-refractivity contribution >= 4 is 11.9 Å². The number of allylic oxidation sites excluding steroid dienone is 1. The molecule has 0 N–H and O–H groups in total. The molecule has 1 unspecified atom stereocenters. The number of alkyl halides is 2. The summed E-state index contributed by atoms with van der Waals surface area (Å²) in [5.74, 6) is -3.73. The zero-order valence-corrected chi connectivity index (χ0v) is 23.1. The summed E-state index contributed by atoms with van der Waals surface area (Å²) in [6.07, 6.45) is 8.82. The zero-order chi connectivity index (χ0) is 29.0. The lowest BCUT2D eigenvalue weighted by Gasteiger charge is -2.37. The lowest BCUT2D eigenvalue weighted by molar-refractivity contribution is -0.125. The molecule has 5 aromatic rings. The van der Waals surface area contributed by atoms with E-state index >= 15 is 0 Å². The van der Waals surface area contributed by atoms with Gasteiger partial charge in [0, 0.05) is 36.7 Å². The topological polar surface area (TPSA) is 47.8 Å². The van der Waals surface area contributed by atoms with Crippen LogP contribution in [0.1, 0.15) is 48.1 Å². The number of pyridine rings is 1. The Morgan fingerprint density at radius 1 is 0.833 bits per heavy atom. The molecule has 6 rings (SSSR count). The van der Waals surface area contributed by atoms with E-state index in [-0.39, 0.29) is 12.2 Å². The first kappa shape index (κ1) is 27.5. The number of imidazole rings is 1. The van der Waals surface area contributed by atoms with Gasteiger partial charge in [0.05, 0.1) is 17.7 Å². The first-order valence-corrected chi connectivity index (χ1v) is 14.2. The summed E-state index contributed by atoms with van der Waals surface area (Å²) in [5, 5.41) is 0. The van der Waals surface area contributed by atoms with Gasteiger partial charge in [0.1, 0.15) is 5.54 Å². The van der Waals surface area contributed by atoms with Crippen molar-refractivity contribution in [3.63, 3.8) is 0 Å². The van der Waals surface area contributed by atoms with Gasteiger partial charge in [-0.3, -0.25) is 9.78 Å². The zero-order valence-electron chi connectivity index (χ0n) is 23.1. The van der Waals surface area contributed by atoms with Gasteiger partial charge >= 0.3 is 0 Å². The third-order valence-electron chi connectivity index (χ3n) is 8.11. The average molecular weight is 560 g/mol. The molecule has 0 spiro atoms. The Morgan fingerprint density at radius 3 is 2.00 bits per heavy atom. The van der Waals surface area contributed by atoms with Gasteiger partial charge in [0.2, 0.25) is 5.92 Å². The summed E-state index contributed by atoms with van der Waals surface area (Å²) in [5.41, 5.74) is 4.51. The molecule has 0 aliphatic heterocycles. The number of carbonyl (C=O) groups is 1. The molecular weight excluding hydrogens is 528 g/mol. The molecule has 2 aromatic heterocycles. The summed E-state index contributed by atoms with van der Waals surface area (Å²) in [6, 6.07) is 34.7. The van der Waals surface area contributed by atoms with E-state index in [1.54, 1.807) is 12.3 Å². The van der Waals surface area contributed by atoms with Crippen LogP contribution in [-0.2, 0) is 10.3 Å². The highest BCUT2D eigenvalue weighted by Gasteiger charge is 2.39. The van der Waals surface area contributed by atoms with Crippen LogP contribution in [0.2, 0.25) is 0 Å². The molecule has 0 radical (unpaired) electrons. The van der Waals surface area contributed by atoms with Crippen LogP contribution in [0.4, 0.5) is 8.78 Å². The van der Waals surface area contributed by atoms with Crippen LogP contribution in [0, 0.1) is 5.92 Å². The maximum absolute atomic E-state index is 13.9. The highest BCUT2D eigenvalue weighted by atomic mass is 19.3. The first-order chi connectivity index (χ1) is 20.5. The molecule has 0 saturated heterocycles. The maximum Gasteiger partial charge on any atom is 0.248 e. The minimum absolute atomic E-state index is 0.149. The van der Waals surface area contributed by atoms with Crippen molar-refractivity contribution in [3.8, 4) is 11.3 Å². The van der Waals surface area contributed by atoms with Gasteiger partial charge < -0.3 is 4.57 Å². The van der Waals surface area contributed by atoms with Crippen molar-refractivity contribution in [1.29, 1.82) is 0 Å². The van der Waals surface area contributed by atoms with Crippen LogP contribution in [0.15, 0.2) is 128 Å². The Morgan fingerprint density at radius 2 is 1.43 bits per heavy atom. The van der Waals surface area contributed by atoms with Crippen molar-refractivity contribution in [3.05, 3.63) is 150 Å². The van der Waals surface area contributed by atoms with Crippen molar-refractivity contribution < 1.29 is 13.6 Å². The molecule has 42 heavy (non-hydrogen) atoms. The van der Waals surface area contributed by atoms with Gasteiger partial charge in [-0.15, -0.1) is 0 Å². The molecule has 1 fully saturated rings. The van der Waals surface area contributed by atoms with E-state index in [0.29, 0.717) is 24.2 Å². The highest BCUT2D eigenvalue weighted by molar-refractivity contribution is 5.96. The number of nitrogens with zero attached hydrogens (tertiary/aromatic N) is 3. The molecule has 0 bridgehead atoms. The van der Waals surface area contributed by atoms with E-state index in [2.05, 4.69) is 45.9 Å². The summed E-state index contributed by atoms with van der Waals surface area (Å²) in [7, 11) is 0. The lowest BCUT2D eigenvalue weighted by atomic mass is 9.77. The molecule has 1 saturated carbocycles. The lowest BCUT2D eigenvalue weighted by Crippen LogP contribution is -2.36. The molecule has 6 heteroatoms. The Kier molecular flexibility index (Phi) is 7.62. The fraction of sp³-hybridized carbons (Fsp3) is 0.194. The van der Waals surface area contributed by atoms with E-state index < -0.39 is 23.8 Å². The second kappa shape index (κ2) is 11.6. The first-order valence-electron chi connectivity index (χ1n) is 14.2. The van der Waals surface area contributed by atoms with Crippen molar-refractivity contribution in [2.24, 2.45) is 5.92 Å². The van der Waals surface area contributed by atoms with Gasteiger partial charge in [-0.1, -0.05) is 91.0 Å². The number of hydrogen-bond donors (Lipinski definition) is 0. The van der Waals surface area contributed by atoms with E-state index in [0.717, 1.165) is 22.3 Å². The highest BCUT2D eigenvalue weighted by Crippen LogP contribution is 2.42. The van der Waals surface area contributed by atoms with E-state index in [1.165, 1.54) is 6.08 Å². The summed E-state index contributed by atoms with van der Waals surface area (Å²) < 4.78 is 30.0. The number of aromatic nitrogens is 3. The molecule has 0 amide bonds. The summed E-state index contributed by atoms with van der Waals surface area (Å²) in [6.45, 7) is 0. The van der Waals surface area contributed by atoms with Crippen LogP contribution in [-0.4, -0.2) is 26.2 Å². The number of benzene rings is 3. The molecule has 2 heterocycles. The molecular formula is C36H31F2N3O. The van der Waals surface area contributed by atoms with E-state index in [4.69, 9.17) is 4.98 Å². The number of carbonyl (C=O) groups excluding carboxylic acids is 1. The van der Waals surface area contributed by atoms with Crippen LogP contribution < -0.4 is 0 Å². The van der Waals surface area contributed by atoms with E-state index in [9.17, 15) is 13.6 Å². The van der Waals surface area contributed by atoms with Crippen LogP contribution >= 0.6 is 0 Å². The monoisotopic (exact) mass is 559 g/mol. The van der Waals surface area contributed by atoms with Crippen LogP contribution in [0.25, 0.3) is 17.3 Å². The third kappa shape index (κ3) is 5.32. The Balaban J connectivity index is 1.43. The second-order valence-corrected chi connectivity index (χ2v) is 10.8. The van der Waals surface area contributed by atoms with Crippen LogP contribution in [0.5, 0.6) is 0 Å². The average Bonchev–Trinajstić information content (AvgIpc) is 3.52. The minimum atomic E-state index is -2.78. The number of ketones is 1. The molecule has 4 nitrogen and oxygen atoms in total. The SMILES string of the molecule is O=C(C=Cc1ncccc1-c1cn(C(c2ccccc2)(c2ccccc2)c2ccccc2)cn1)C1CCCC(F)(F)C1. The third-order valence-corrected chi connectivity index (χ3v) is 8.11. The standard InChI is InChI=1S/C36H31F2N3O/c37-35(38)22-10-12-27(24-35)34(42)21-20-32-31(19-11-23-39-32)33-25-41(26-40-33)36(28-13-4-1-5-14-28,29-15-6-2-7-16-29)30-17-8-3-9-18-30/h1-9,11,13-21,23,25-27H,10,12,22,24H2. The van der Waals surface area contributed by atoms with Gasteiger partial charge in [-0.05, 0) is 53.8 Å². The van der Waals surface area contributed by atoms with Gasteiger partial charge in [-0.2, -0.15) is 0 Å². The quantitative estimate of drug-likeness (QED) is 0.142. The Hall–Kier alpha value is -4.71. The number of halogens is 2. The normalized spacial score (nSPS) is 16.9. The van der Waals surface area contributed by atoms with Crippen LogP contribution in [0.3, 0.4) is 0 Å². The summed E-state index contributed by atoms with van der Waals surface area (Å²) >= 11 is 0. The van der Waals surface area contributed by atoms with Crippen molar-refractivity contribution in [2.75, 3.05) is 0 Å². The number of hydrogen-bond acceptors (Lipinski definition) is 3.